The van der Waals surface area contributed by atoms with Gasteiger partial charge in [-0.1, -0.05) is 0 Å². The smallest absolute Gasteiger partial charge is 0.000739 e. The first-order chi connectivity index (χ1) is 41.6. The molecule has 0 radical (unpaired) electrons. The lowest BCUT2D eigenvalue weighted by atomic mass is 9.77. The van der Waals surface area contributed by atoms with Crippen LogP contribution in [0.3, 0.4) is 0 Å². The third-order valence-corrected chi connectivity index (χ3v) is 25.0. The number of hydrogen-bond acceptors (Lipinski definition) is 0. The van der Waals surface area contributed by atoms with Crippen LogP contribution in [0.15, 0.2) is 146 Å². The van der Waals surface area contributed by atoms with Crippen LogP contribution in [0.25, 0.3) is 323 Å². The van der Waals surface area contributed by atoms with E-state index in [2.05, 4.69) is 146 Å². The Morgan fingerprint density at radius 3 is 0.226 bits per heavy atom. The molecule has 30 rings (SSSR count). The minimum Gasteiger partial charge on any atom is -0.0464 e. The lowest BCUT2D eigenvalue weighted by Gasteiger charge is -2.25. The Morgan fingerprint density at radius 1 is 0.0714 bits per heavy atom. The Bertz CT molecular complexity index is 6790. The number of benzene rings is 24. The molecule has 84 heavy (non-hydrogen) atoms. The van der Waals surface area contributed by atoms with Gasteiger partial charge in [-0.3, -0.25) is 0 Å². The molecule has 0 amide bonds. The Kier molecular flexibility index (Phi) is 4.16. The molecular formula is C84H24. The van der Waals surface area contributed by atoms with Crippen molar-refractivity contribution in [2.45, 2.75) is 0 Å². The average Bonchev–Trinajstić information content (AvgIpc) is 1.30. The summed E-state index contributed by atoms with van der Waals surface area (Å²) in [6.45, 7) is 0. The van der Waals surface area contributed by atoms with Gasteiger partial charge in [0.1, 0.15) is 0 Å². The lowest BCUT2D eigenvalue weighted by Crippen LogP contribution is -1.97. The van der Waals surface area contributed by atoms with Crippen LogP contribution in [0.1, 0.15) is 0 Å². The van der Waals surface area contributed by atoms with Gasteiger partial charge in [0.25, 0.3) is 0 Å². The molecule has 0 atom stereocenters. The molecule has 30 aromatic carbocycles. The van der Waals surface area contributed by atoms with Crippen LogP contribution in [-0.2, 0) is 0 Å². The fourth-order valence-electron chi connectivity index (χ4n) is 22.8. The Balaban J connectivity index is 1.01. The summed E-state index contributed by atoms with van der Waals surface area (Å²) in [5.74, 6) is 0. The molecule has 0 bridgehead atoms. The zero-order valence-electron chi connectivity index (χ0n) is 43.9. The molecule has 0 aliphatic heterocycles. The normalized spacial score (nSPS) is 15.1. The van der Waals surface area contributed by atoms with Crippen molar-refractivity contribution in [3.05, 3.63) is 146 Å². The summed E-state index contributed by atoms with van der Waals surface area (Å²) in [6.07, 6.45) is 0. The maximum atomic E-state index is 2.75. The van der Waals surface area contributed by atoms with E-state index in [9.17, 15) is 0 Å². The first-order valence-electron chi connectivity index (χ1n) is 30.4. The van der Waals surface area contributed by atoms with Crippen molar-refractivity contribution in [1.29, 1.82) is 0 Å². The molecule has 0 heterocycles. The van der Waals surface area contributed by atoms with Crippen LogP contribution in [0.2, 0.25) is 0 Å². The predicted octanol–water partition coefficient (Wildman–Crippen LogP) is 24.5. The quantitative estimate of drug-likeness (QED) is 0.105. The molecule has 0 aliphatic rings. The first-order valence-corrected chi connectivity index (χ1v) is 30.4. The van der Waals surface area contributed by atoms with E-state index < -0.39 is 0 Å². The van der Waals surface area contributed by atoms with Crippen LogP contribution in [0.4, 0.5) is 0 Å². The number of hydrogen-bond donors (Lipinski definition) is 0. The highest BCUT2D eigenvalue weighted by atomic mass is 14.4. The van der Waals surface area contributed by atoms with Gasteiger partial charge in [0.05, 0.1) is 0 Å². The van der Waals surface area contributed by atoms with Gasteiger partial charge in [-0.05, 0) is 469 Å². The molecule has 0 aromatic heterocycles. The Hall–Kier alpha value is -10.9. The molecule has 0 saturated heterocycles. The van der Waals surface area contributed by atoms with Gasteiger partial charge < -0.3 is 0 Å². The second-order valence-electron chi connectivity index (χ2n) is 27.9. The van der Waals surface area contributed by atoms with Crippen LogP contribution < -0.4 is 0 Å². The van der Waals surface area contributed by atoms with E-state index in [1.807, 2.05) is 0 Å². The summed E-state index contributed by atoms with van der Waals surface area (Å²) in [6, 6.07) is 62.8. The van der Waals surface area contributed by atoms with Gasteiger partial charge in [-0.15, -0.1) is 0 Å². The molecule has 30 aromatic rings. The second kappa shape index (κ2) is 9.77. The van der Waals surface area contributed by atoms with E-state index in [1.54, 1.807) is 0 Å². The van der Waals surface area contributed by atoms with Crippen molar-refractivity contribution in [3.63, 3.8) is 0 Å². The number of fused-ring (bicyclic) bond motifs is 6. The molecule has 0 heteroatoms. The minimum atomic E-state index is 1.36. The average molecular weight is 1030 g/mol. The van der Waals surface area contributed by atoms with Gasteiger partial charge in [0.2, 0.25) is 0 Å². The molecule has 0 spiro atoms. The third kappa shape index (κ3) is 2.86. The standard InChI is InChI=1S/C84H24/c1-25-7-37-9-27-2-29-11-39-13-31-4-33-15-41-17-35-6-36-18-42-16-34-5-32-14-40-12-30-3-28-10-38-8-26(1)56-55(25)73-43-19-45-47-21-49-51-23-53-54-24-52-50-22-48-46-20-44(43)74(56)68(38)76(46)58(28)60(30)78(48)70(40)80(50)62(32)64(34)82(52)72(42)84(54)66(36)65(35)83(53)71(41)81(51)63(33)61(31)79(49)69(39)77(47)59(29)57(27)75(45)67(37)73/h1-24H. The summed E-state index contributed by atoms with van der Waals surface area (Å²) < 4.78 is 0. The van der Waals surface area contributed by atoms with Crippen molar-refractivity contribution < 1.29 is 0 Å². The van der Waals surface area contributed by atoms with E-state index in [0.717, 1.165) is 0 Å². The largest absolute Gasteiger partial charge is 0.0464 e. The minimum absolute atomic E-state index is 1.36. The molecule has 0 saturated carbocycles. The molecule has 0 nitrogen and oxygen atoms in total. The van der Waals surface area contributed by atoms with Crippen molar-refractivity contribution in [3.8, 4) is 0 Å². The SMILES string of the molecule is c1c2cc3cc4cc5cc6cc7cc8cc9cc%10cc%11cc%12cc%13cc%14cc%15cc%16cc%17cc%18cc1c1c2c2c%19cc%20c%21cc%22c%23cc%24c%25cc%26c%27cc%28c%29cc%19c1c%18c%29c%17c%16c%28c%15c%27c%14c%13c%26c%12c%25c%11c%10c%24c9c%23c8c7c%22c6c%21c5c4c%20c32. The summed E-state index contributed by atoms with van der Waals surface area (Å²) in [5.41, 5.74) is 0. The fourth-order valence-corrected chi connectivity index (χ4v) is 22.8. The maximum absolute atomic E-state index is 2.75. The van der Waals surface area contributed by atoms with Crippen LogP contribution in [0.5, 0.6) is 0 Å². The molecule has 0 unspecified atom stereocenters. The van der Waals surface area contributed by atoms with Crippen LogP contribution >= 0.6 is 0 Å². The summed E-state index contributed by atoms with van der Waals surface area (Å²) in [7, 11) is 0. The van der Waals surface area contributed by atoms with Crippen LogP contribution in [0, 0.1) is 0 Å². The van der Waals surface area contributed by atoms with Crippen molar-refractivity contribution in [2.75, 3.05) is 0 Å². The highest BCUT2D eigenvalue weighted by Crippen LogP contribution is 2.64. The van der Waals surface area contributed by atoms with Gasteiger partial charge >= 0.3 is 0 Å². The predicted molar refractivity (Wildman–Crippen MR) is 367 cm³/mol. The maximum Gasteiger partial charge on any atom is -0.000739 e. The number of rotatable bonds is 0. The summed E-state index contributed by atoms with van der Waals surface area (Å²) in [4.78, 5) is 0. The van der Waals surface area contributed by atoms with E-state index in [-0.39, 0.29) is 0 Å². The van der Waals surface area contributed by atoms with Gasteiger partial charge in [-0.25, -0.2) is 0 Å². The van der Waals surface area contributed by atoms with Crippen molar-refractivity contribution in [1.82, 2.24) is 0 Å². The van der Waals surface area contributed by atoms with E-state index in [0.29, 0.717) is 0 Å². The summed E-state index contributed by atoms with van der Waals surface area (Å²) in [5, 5.41) is 85.2. The van der Waals surface area contributed by atoms with Gasteiger partial charge in [-0.2, -0.15) is 0 Å². The monoisotopic (exact) mass is 1030 g/mol. The molecule has 0 N–H and O–H groups in total. The van der Waals surface area contributed by atoms with Crippen molar-refractivity contribution >= 4 is 323 Å². The topological polar surface area (TPSA) is 0 Å². The van der Waals surface area contributed by atoms with E-state index in [4.69, 9.17) is 0 Å². The van der Waals surface area contributed by atoms with Gasteiger partial charge in [0.15, 0.2) is 0 Å². The fraction of sp³-hybridized carbons (Fsp3) is 0. The lowest BCUT2D eigenvalue weighted by molar-refractivity contribution is 1.93. The Labute approximate surface area is 465 Å². The molecule has 0 fully saturated rings. The van der Waals surface area contributed by atoms with Crippen molar-refractivity contribution in [2.24, 2.45) is 0 Å². The third-order valence-electron chi connectivity index (χ3n) is 25.0. The highest BCUT2D eigenvalue weighted by molar-refractivity contribution is 6.62. The van der Waals surface area contributed by atoms with Gasteiger partial charge in [0, 0.05) is 0 Å². The first kappa shape index (κ1) is 35.7. The Morgan fingerprint density at radius 2 is 0.143 bits per heavy atom. The van der Waals surface area contributed by atoms with E-state index >= 15 is 0 Å². The van der Waals surface area contributed by atoms with Crippen LogP contribution in [-0.4, -0.2) is 0 Å². The molecule has 360 valence electrons. The van der Waals surface area contributed by atoms with E-state index in [1.165, 1.54) is 323 Å². The molecule has 0 aliphatic carbocycles. The zero-order chi connectivity index (χ0) is 51.6. The highest BCUT2D eigenvalue weighted by Gasteiger charge is 2.35. The molecular weight excluding hydrogens is 1010 g/mol. The zero-order valence-corrected chi connectivity index (χ0v) is 43.9. The second-order valence-corrected chi connectivity index (χ2v) is 27.9. The summed E-state index contributed by atoms with van der Waals surface area (Å²) >= 11 is 0.